The van der Waals surface area contributed by atoms with E-state index in [-0.39, 0.29) is 39.0 Å². The molecule has 134 valence electrons. The minimum atomic E-state index is -4.86. The lowest BCUT2D eigenvalue weighted by Gasteiger charge is -2.39. The number of carbonyl (C=O) groups is 1. The van der Waals surface area contributed by atoms with E-state index in [2.05, 4.69) is 0 Å². The predicted molar refractivity (Wildman–Crippen MR) is 74.4 cm³/mol. The lowest BCUT2D eigenvalue weighted by molar-refractivity contribution is -0.219. The molecule has 0 aliphatic carbocycles. The molecule has 2 rings (SSSR count). The summed E-state index contributed by atoms with van der Waals surface area (Å²) in [4.78, 5) is 13.7. The molecule has 0 spiro atoms. The van der Waals surface area contributed by atoms with E-state index in [0.29, 0.717) is 6.42 Å². The summed E-state index contributed by atoms with van der Waals surface area (Å²) in [6, 6.07) is -1.44. The number of aliphatic hydroxyl groups excluding tert-OH is 1. The van der Waals surface area contributed by atoms with Gasteiger partial charge in [0.25, 0.3) is 0 Å². The number of amides is 1. The van der Waals surface area contributed by atoms with Crippen molar-refractivity contribution in [1.29, 1.82) is 0 Å². The van der Waals surface area contributed by atoms with Crippen LogP contribution in [0.4, 0.5) is 13.2 Å². The number of hydrogen-bond acceptors (Lipinski definition) is 5. The molecule has 2 aliphatic heterocycles. The number of aliphatic hydroxyl groups is 1. The maximum absolute atomic E-state index is 12.8. The average Bonchev–Trinajstić information content (AvgIpc) is 2.93. The largest absolute Gasteiger partial charge is 0.416 e. The van der Waals surface area contributed by atoms with Crippen LogP contribution in [0.2, 0.25) is 0 Å². The Hall–Kier alpha value is -0.870. The maximum Gasteiger partial charge on any atom is 0.416 e. The van der Waals surface area contributed by atoms with Crippen LogP contribution in [0.5, 0.6) is 0 Å². The van der Waals surface area contributed by atoms with E-state index in [4.69, 9.17) is 4.74 Å². The molecule has 6 nitrogen and oxygen atoms in total. The van der Waals surface area contributed by atoms with Crippen molar-refractivity contribution in [3.05, 3.63) is 0 Å². The minimum absolute atomic E-state index is 0.00870. The smallest absolute Gasteiger partial charge is 0.382 e. The van der Waals surface area contributed by atoms with Gasteiger partial charge in [-0.3, -0.25) is 4.79 Å². The van der Waals surface area contributed by atoms with Crippen molar-refractivity contribution in [2.75, 3.05) is 26.0 Å². The number of carbonyl (C=O) groups excluding carboxylic acids is 1. The van der Waals surface area contributed by atoms with Crippen molar-refractivity contribution in [3.8, 4) is 0 Å². The molecule has 23 heavy (non-hydrogen) atoms. The molecule has 0 aromatic rings. The standard InChI is InChI=1S/C13H20F3NO5S/c1-23(20,21)12(4-7-22-8-5-12)11(19)17-6-2-3-9(17)10(18)13(14,15)16/h9-10,18H,2-8H2,1H3. The summed E-state index contributed by atoms with van der Waals surface area (Å²) in [6.07, 6.45) is -6.51. The molecule has 2 unspecified atom stereocenters. The molecule has 0 radical (unpaired) electrons. The van der Waals surface area contributed by atoms with Gasteiger partial charge in [0.2, 0.25) is 5.91 Å². The zero-order valence-corrected chi connectivity index (χ0v) is 13.5. The molecule has 2 saturated heterocycles. The number of ether oxygens (including phenoxy) is 1. The van der Waals surface area contributed by atoms with Crippen LogP contribution >= 0.6 is 0 Å². The van der Waals surface area contributed by atoms with E-state index in [1.165, 1.54) is 0 Å². The summed E-state index contributed by atoms with van der Waals surface area (Å²) in [5.74, 6) is -0.853. The van der Waals surface area contributed by atoms with Gasteiger partial charge >= 0.3 is 6.18 Å². The summed E-state index contributed by atoms with van der Waals surface area (Å²) < 4.78 is 66.1. The molecule has 0 saturated carbocycles. The fourth-order valence-corrected chi connectivity index (χ4v) is 4.64. The first kappa shape index (κ1) is 18.5. The second kappa shape index (κ2) is 6.21. The van der Waals surface area contributed by atoms with E-state index in [0.717, 1.165) is 11.2 Å². The van der Waals surface area contributed by atoms with Gasteiger partial charge in [0.15, 0.2) is 20.7 Å². The van der Waals surface area contributed by atoms with E-state index < -0.39 is 38.8 Å². The Labute approximate surface area is 132 Å². The Kier molecular flexibility index (Phi) is 4.99. The quantitative estimate of drug-likeness (QED) is 0.793. The van der Waals surface area contributed by atoms with Gasteiger partial charge in [-0.2, -0.15) is 13.2 Å². The highest BCUT2D eigenvalue weighted by Gasteiger charge is 2.55. The van der Waals surface area contributed by atoms with Crippen LogP contribution in [0.1, 0.15) is 25.7 Å². The number of nitrogens with zero attached hydrogens (tertiary/aromatic N) is 1. The van der Waals surface area contributed by atoms with Crippen LogP contribution in [0.15, 0.2) is 0 Å². The van der Waals surface area contributed by atoms with Crippen molar-refractivity contribution < 1.29 is 36.2 Å². The number of rotatable bonds is 3. The molecule has 2 atom stereocenters. The first-order chi connectivity index (χ1) is 10.5. The van der Waals surface area contributed by atoms with Crippen LogP contribution in [-0.4, -0.2) is 73.4 Å². The Morgan fingerprint density at radius 1 is 1.35 bits per heavy atom. The predicted octanol–water partition coefficient (Wildman–Crippen LogP) is 0.494. The van der Waals surface area contributed by atoms with E-state index in [1.807, 2.05) is 0 Å². The van der Waals surface area contributed by atoms with Crippen LogP contribution < -0.4 is 0 Å². The molecule has 0 bridgehead atoms. The van der Waals surface area contributed by atoms with E-state index in [1.54, 1.807) is 0 Å². The van der Waals surface area contributed by atoms with Crippen LogP contribution in [0.25, 0.3) is 0 Å². The van der Waals surface area contributed by atoms with Crippen LogP contribution in [0.3, 0.4) is 0 Å². The summed E-state index contributed by atoms with van der Waals surface area (Å²) in [7, 11) is -3.84. The van der Waals surface area contributed by atoms with Gasteiger partial charge < -0.3 is 14.7 Å². The molecular formula is C13H20F3NO5S. The lowest BCUT2D eigenvalue weighted by atomic mass is 9.96. The third-order valence-corrected chi connectivity index (χ3v) is 6.66. The van der Waals surface area contributed by atoms with Gasteiger partial charge in [-0.25, -0.2) is 8.42 Å². The first-order valence-corrected chi connectivity index (χ1v) is 9.23. The highest BCUT2D eigenvalue weighted by atomic mass is 32.2. The number of likely N-dealkylation sites (tertiary alicyclic amines) is 1. The molecule has 2 fully saturated rings. The number of alkyl halides is 3. The molecule has 10 heteroatoms. The highest BCUT2D eigenvalue weighted by molar-refractivity contribution is 7.92. The lowest BCUT2D eigenvalue weighted by Crippen LogP contribution is -2.60. The molecule has 1 amide bonds. The highest BCUT2D eigenvalue weighted by Crippen LogP contribution is 2.37. The maximum atomic E-state index is 12.8. The van der Waals surface area contributed by atoms with Gasteiger partial charge in [0, 0.05) is 26.0 Å². The Bertz CT molecular complexity index is 556. The summed E-state index contributed by atoms with van der Waals surface area (Å²) in [5.41, 5.74) is 0. The number of halogens is 3. The van der Waals surface area contributed by atoms with Gasteiger partial charge in [-0.05, 0) is 25.7 Å². The molecular weight excluding hydrogens is 339 g/mol. The minimum Gasteiger partial charge on any atom is -0.382 e. The summed E-state index contributed by atoms with van der Waals surface area (Å²) >= 11 is 0. The second-order valence-corrected chi connectivity index (χ2v) is 8.40. The van der Waals surface area contributed by atoms with E-state index in [9.17, 15) is 31.5 Å². The number of hydrogen-bond donors (Lipinski definition) is 1. The topological polar surface area (TPSA) is 83.9 Å². The first-order valence-electron chi connectivity index (χ1n) is 7.34. The van der Waals surface area contributed by atoms with Gasteiger partial charge in [0.1, 0.15) is 0 Å². The monoisotopic (exact) mass is 359 g/mol. The molecule has 0 aromatic carbocycles. The van der Waals surface area contributed by atoms with Gasteiger partial charge in [-0.15, -0.1) is 0 Å². The summed E-state index contributed by atoms with van der Waals surface area (Å²) in [6.45, 7) is 0.118. The second-order valence-electron chi connectivity index (χ2n) is 6.07. The normalized spacial score (nSPS) is 27.0. The third-order valence-electron chi connectivity index (χ3n) is 4.66. The Morgan fingerprint density at radius 2 is 1.91 bits per heavy atom. The molecule has 2 aliphatic rings. The van der Waals surface area contributed by atoms with Crippen molar-refractivity contribution >= 4 is 15.7 Å². The van der Waals surface area contributed by atoms with Crippen LogP contribution in [-0.2, 0) is 19.4 Å². The number of sulfone groups is 1. The average molecular weight is 359 g/mol. The van der Waals surface area contributed by atoms with Crippen molar-refractivity contribution in [2.24, 2.45) is 0 Å². The summed E-state index contributed by atoms with van der Waals surface area (Å²) in [5, 5.41) is 9.50. The van der Waals surface area contributed by atoms with Gasteiger partial charge in [-0.1, -0.05) is 0 Å². The molecule has 2 heterocycles. The van der Waals surface area contributed by atoms with E-state index >= 15 is 0 Å². The van der Waals surface area contributed by atoms with Crippen molar-refractivity contribution in [3.63, 3.8) is 0 Å². The Balaban J connectivity index is 2.33. The SMILES string of the molecule is CS(=O)(=O)C1(C(=O)N2CCCC2C(O)C(F)(F)F)CCOCC1. The fraction of sp³-hybridized carbons (Fsp3) is 0.923. The van der Waals surface area contributed by atoms with Crippen molar-refractivity contribution in [1.82, 2.24) is 4.90 Å². The zero-order valence-electron chi connectivity index (χ0n) is 12.7. The molecule has 0 aromatic heterocycles. The zero-order chi connectivity index (χ0) is 17.5. The Morgan fingerprint density at radius 3 is 2.39 bits per heavy atom. The third kappa shape index (κ3) is 3.34. The van der Waals surface area contributed by atoms with Crippen LogP contribution in [0, 0.1) is 0 Å². The fourth-order valence-electron chi connectivity index (χ4n) is 3.30. The van der Waals surface area contributed by atoms with Gasteiger partial charge in [0.05, 0.1) is 6.04 Å². The van der Waals surface area contributed by atoms with Crippen molar-refractivity contribution in [2.45, 2.75) is 48.8 Å². The molecule has 1 N–H and O–H groups in total.